The fraction of sp³-hybridized carbons (Fsp3) is 0.270. The summed E-state index contributed by atoms with van der Waals surface area (Å²) < 4.78 is 0.215. The van der Waals surface area contributed by atoms with Gasteiger partial charge in [-0.25, -0.2) is 4.98 Å². The van der Waals surface area contributed by atoms with Crippen molar-refractivity contribution < 1.29 is 0 Å². The molecular weight excluding hydrogens is 547 g/mol. The average Bonchev–Trinajstić information content (AvgIpc) is 3.05. The lowest BCUT2D eigenvalue weighted by Gasteiger charge is -2.21. The second-order valence-corrected chi connectivity index (χ2v) is 13.2. The van der Waals surface area contributed by atoms with Gasteiger partial charge in [-0.05, 0) is 103 Å². The van der Waals surface area contributed by atoms with Crippen molar-refractivity contribution in [1.82, 2.24) is 15.0 Å². The summed E-state index contributed by atoms with van der Waals surface area (Å²) >= 11 is 1.89. The molecule has 0 aliphatic carbocycles. The maximum atomic E-state index is 5.01. The third-order valence-electron chi connectivity index (χ3n) is 7.58. The normalized spacial score (nSPS) is 12.5. The van der Waals surface area contributed by atoms with Gasteiger partial charge in [0.1, 0.15) is 0 Å². The summed E-state index contributed by atoms with van der Waals surface area (Å²) in [5, 5.41) is 8.96. The Bertz CT molecular complexity index is 1660. The topological polar surface area (TPSA) is 63.4 Å². The Kier molecular flexibility index (Phi) is 9.78. The summed E-state index contributed by atoms with van der Waals surface area (Å²) in [6.45, 7) is 11.2. The SMILES string of the molecule is CCCC(C)c1cccc(-c2cc(-c3ccc(N=Nc4ccc(SC(C)(C)CC)cc4)cc3)cc(-c3ccccn3)n2)n1. The van der Waals surface area contributed by atoms with Gasteiger partial charge in [-0.3, -0.25) is 9.97 Å². The molecule has 5 nitrogen and oxygen atoms in total. The molecule has 43 heavy (non-hydrogen) atoms. The first-order valence-corrected chi connectivity index (χ1v) is 15.9. The van der Waals surface area contributed by atoms with Crippen LogP contribution in [-0.4, -0.2) is 19.7 Å². The molecule has 3 aromatic heterocycles. The lowest BCUT2D eigenvalue weighted by molar-refractivity contribution is 0.648. The first-order chi connectivity index (χ1) is 20.8. The van der Waals surface area contributed by atoms with Gasteiger partial charge < -0.3 is 0 Å². The third kappa shape index (κ3) is 8.02. The number of pyridine rings is 3. The minimum atomic E-state index is 0.215. The van der Waals surface area contributed by atoms with Crippen molar-refractivity contribution in [3.8, 4) is 33.9 Å². The van der Waals surface area contributed by atoms with Gasteiger partial charge in [-0.15, -0.1) is 11.8 Å². The highest BCUT2D eigenvalue weighted by Crippen LogP contribution is 2.36. The van der Waals surface area contributed by atoms with Gasteiger partial charge >= 0.3 is 0 Å². The van der Waals surface area contributed by atoms with Crippen molar-refractivity contribution in [2.75, 3.05) is 0 Å². The molecule has 1 unspecified atom stereocenters. The molecule has 0 bridgehead atoms. The van der Waals surface area contributed by atoms with Crippen LogP contribution in [0.15, 0.2) is 118 Å². The van der Waals surface area contributed by atoms with Crippen molar-refractivity contribution in [2.24, 2.45) is 10.2 Å². The van der Waals surface area contributed by atoms with Gasteiger partial charge in [0.05, 0.1) is 34.2 Å². The van der Waals surface area contributed by atoms with Crippen LogP contribution in [0.4, 0.5) is 11.4 Å². The highest BCUT2D eigenvalue weighted by molar-refractivity contribution is 8.00. The number of nitrogens with zero attached hydrogens (tertiary/aromatic N) is 5. The molecule has 3 heterocycles. The van der Waals surface area contributed by atoms with Gasteiger partial charge in [-0.2, -0.15) is 10.2 Å². The zero-order valence-electron chi connectivity index (χ0n) is 25.7. The molecule has 1 atom stereocenters. The molecule has 218 valence electrons. The largest absolute Gasteiger partial charge is 0.255 e. The molecule has 0 amide bonds. The Morgan fingerprint density at radius 1 is 0.698 bits per heavy atom. The van der Waals surface area contributed by atoms with Crippen LogP contribution in [-0.2, 0) is 0 Å². The van der Waals surface area contributed by atoms with Crippen LogP contribution in [0.5, 0.6) is 0 Å². The van der Waals surface area contributed by atoms with E-state index in [9.17, 15) is 0 Å². The molecule has 0 saturated heterocycles. The quantitative estimate of drug-likeness (QED) is 0.114. The number of azo groups is 1. The predicted molar refractivity (Wildman–Crippen MR) is 180 cm³/mol. The second-order valence-electron chi connectivity index (χ2n) is 11.4. The summed E-state index contributed by atoms with van der Waals surface area (Å²) in [6, 6.07) is 32.8. The van der Waals surface area contributed by atoms with E-state index >= 15 is 0 Å². The molecule has 0 spiro atoms. The van der Waals surface area contributed by atoms with E-state index < -0.39 is 0 Å². The number of thioether (sulfide) groups is 1. The minimum Gasteiger partial charge on any atom is -0.255 e. The lowest BCUT2D eigenvalue weighted by Crippen LogP contribution is -2.11. The Morgan fingerprint density at radius 2 is 1.35 bits per heavy atom. The van der Waals surface area contributed by atoms with E-state index in [-0.39, 0.29) is 4.75 Å². The Hall–Kier alpha value is -4.16. The van der Waals surface area contributed by atoms with Crippen LogP contribution < -0.4 is 0 Å². The van der Waals surface area contributed by atoms with Crippen molar-refractivity contribution in [3.63, 3.8) is 0 Å². The zero-order valence-corrected chi connectivity index (χ0v) is 26.5. The third-order valence-corrected chi connectivity index (χ3v) is 8.93. The van der Waals surface area contributed by atoms with E-state index in [1.165, 1.54) is 4.90 Å². The predicted octanol–water partition coefficient (Wildman–Crippen LogP) is 11.5. The molecular formula is C37H39N5S. The number of hydrogen-bond donors (Lipinski definition) is 0. The molecule has 0 fully saturated rings. The summed E-state index contributed by atoms with van der Waals surface area (Å²) in [6.07, 6.45) is 5.15. The van der Waals surface area contributed by atoms with E-state index in [4.69, 9.17) is 9.97 Å². The number of hydrogen-bond acceptors (Lipinski definition) is 6. The molecule has 0 aliphatic heterocycles. The Labute approximate surface area is 260 Å². The van der Waals surface area contributed by atoms with Gasteiger partial charge in [-0.1, -0.05) is 65.3 Å². The number of aromatic nitrogens is 3. The molecule has 5 aromatic rings. The van der Waals surface area contributed by atoms with E-state index in [2.05, 4.69) is 98.4 Å². The molecule has 0 N–H and O–H groups in total. The maximum Gasteiger partial charge on any atom is 0.0900 e. The fourth-order valence-corrected chi connectivity index (χ4v) is 5.79. The zero-order chi connectivity index (χ0) is 30.2. The fourth-order valence-electron chi connectivity index (χ4n) is 4.73. The summed E-state index contributed by atoms with van der Waals surface area (Å²) in [7, 11) is 0. The van der Waals surface area contributed by atoms with E-state index in [1.807, 2.05) is 60.3 Å². The van der Waals surface area contributed by atoms with Crippen LogP contribution in [0, 0.1) is 0 Å². The van der Waals surface area contributed by atoms with E-state index in [1.54, 1.807) is 6.20 Å². The first kappa shape index (κ1) is 30.3. The number of benzene rings is 2. The summed E-state index contributed by atoms with van der Waals surface area (Å²) in [4.78, 5) is 15.8. The van der Waals surface area contributed by atoms with E-state index in [0.717, 1.165) is 70.2 Å². The molecule has 2 aromatic carbocycles. The molecule has 0 saturated carbocycles. The monoisotopic (exact) mass is 585 g/mol. The molecule has 0 aliphatic rings. The van der Waals surface area contributed by atoms with Crippen LogP contribution >= 0.6 is 11.8 Å². The smallest absolute Gasteiger partial charge is 0.0900 e. The van der Waals surface area contributed by atoms with Crippen molar-refractivity contribution in [1.29, 1.82) is 0 Å². The standard InChI is InChI=1S/C37H39N5S/c1-6-11-26(3)32-13-10-14-34(39-32)36-25-28(24-35(40-36)33-12-8-9-23-38-33)27-15-17-29(18-16-27)41-42-30-19-21-31(22-20-30)43-37(4,5)7-2/h8-10,12-26H,6-7,11H2,1-5H3. The Balaban J connectivity index is 1.41. The van der Waals surface area contributed by atoms with Crippen LogP contribution in [0.25, 0.3) is 33.9 Å². The molecule has 0 radical (unpaired) electrons. The van der Waals surface area contributed by atoms with Gasteiger partial charge in [0.2, 0.25) is 0 Å². The van der Waals surface area contributed by atoms with Crippen LogP contribution in [0.1, 0.15) is 65.5 Å². The molecule has 6 heteroatoms. The summed E-state index contributed by atoms with van der Waals surface area (Å²) in [5.41, 5.74) is 8.19. The first-order valence-electron chi connectivity index (χ1n) is 15.1. The van der Waals surface area contributed by atoms with E-state index in [0.29, 0.717) is 5.92 Å². The number of rotatable bonds is 11. The Morgan fingerprint density at radius 3 is 1.98 bits per heavy atom. The lowest BCUT2D eigenvalue weighted by atomic mass is 10.00. The van der Waals surface area contributed by atoms with Crippen molar-refractivity contribution in [3.05, 3.63) is 109 Å². The van der Waals surface area contributed by atoms with Crippen LogP contribution in [0.2, 0.25) is 0 Å². The van der Waals surface area contributed by atoms with Crippen molar-refractivity contribution in [2.45, 2.75) is 69.4 Å². The minimum absolute atomic E-state index is 0.215. The maximum absolute atomic E-state index is 5.01. The van der Waals surface area contributed by atoms with Crippen molar-refractivity contribution >= 4 is 23.1 Å². The second kappa shape index (κ2) is 13.9. The van der Waals surface area contributed by atoms with Gasteiger partial charge in [0, 0.05) is 21.5 Å². The summed E-state index contributed by atoms with van der Waals surface area (Å²) in [5.74, 6) is 0.398. The van der Waals surface area contributed by atoms with Gasteiger partial charge in [0.25, 0.3) is 0 Å². The average molecular weight is 586 g/mol. The van der Waals surface area contributed by atoms with Crippen LogP contribution in [0.3, 0.4) is 0 Å². The highest BCUT2D eigenvalue weighted by atomic mass is 32.2. The molecule has 5 rings (SSSR count). The van der Waals surface area contributed by atoms with Gasteiger partial charge in [0.15, 0.2) is 0 Å². The highest BCUT2D eigenvalue weighted by Gasteiger charge is 2.16.